The summed E-state index contributed by atoms with van der Waals surface area (Å²) >= 11 is 1.48. The van der Waals surface area contributed by atoms with Crippen molar-refractivity contribution in [1.29, 1.82) is 0 Å². The van der Waals surface area contributed by atoms with Crippen molar-refractivity contribution >= 4 is 17.3 Å². The van der Waals surface area contributed by atoms with Gasteiger partial charge in [-0.25, -0.2) is 14.2 Å². The number of carbonyl (C=O) groups is 1. The number of methoxy groups -OCH3 is 1. The first-order valence-corrected chi connectivity index (χ1v) is 7.77. The molecule has 0 N–H and O–H groups in total. The molecule has 0 aliphatic heterocycles. The molecule has 3 rings (SSSR count). The second-order valence-electron chi connectivity index (χ2n) is 4.75. The van der Waals surface area contributed by atoms with Crippen molar-refractivity contribution < 1.29 is 18.7 Å². The summed E-state index contributed by atoms with van der Waals surface area (Å²) in [4.78, 5) is 16.3. The van der Waals surface area contributed by atoms with Gasteiger partial charge in [-0.1, -0.05) is 0 Å². The predicted octanol–water partition coefficient (Wildman–Crippen LogP) is 3.28. The van der Waals surface area contributed by atoms with E-state index in [-0.39, 0.29) is 17.3 Å². The summed E-state index contributed by atoms with van der Waals surface area (Å²) in [5.41, 5.74) is 1.24. The van der Waals surface area contributed by atoms with Crippen LogP contribution in [0.5, 0.6) is 11.6 Å². The Morgan fingerprint density at radius 3 is 2.62 bits per heavy atom. The molecular weight excluding hydrogens is 333 g/mol. The van der Waals surface area contributed by atoms with Crippen molar-refractivity contribution in [2.45, 2.75) is 6.92 Å². The van der Waals surface area contributed by atoms with E-state index in [9.17, 15) is 9.18 Å². The molecule has 122 valence electrons. The number of hydrogen-bond donors (Lipinski definition) is 0. The maximum atomic E-state index is 14.2. The van der Waals surface area contributed by atoms with E-state index < -0.39 is 11.8 Å². The van der Waals surface area contributed by atoms with Crippen LogP contribution in [0.4, 0.5) is 4.39 Å². The average molecular weight is 345 g/mol. The smallest absolute Gasteiger partial charge is 0.364 e. The van der Waals surface area contributed by atoms with Crippen LogP contribution in [0.3, 0.4) is 0 Å². The minimum Gasteiger partial charge on any atom is -0.480 e. The lowest BCUT2D eigenvalue weighted by atomic mass is 10.1. The van der Waals surface area contributed by atoms with Crippen LogP contribution < -0.4 is 9.47 Å². The van der Waals surface area contributed by atoms with E-state index in [1.807, 2.05) is 12.3 Å². The van der Waals surface area contributed by atoms with E-state index in [0.29, 0.717) is 11.3 Å². The van der Waals surface area contributed by atoms with Gasteiger partial charge >= 0.3 is 5.97 Å². The number of carbonyl (C=O) groups excluding carboxylic acids is 1. The molecule has 8 heteroatoms. The van der Waals surface area contributed by atoms with E-state index in [1.165, 1.54) is 42.7 Å². The highest BCUT2D eigenvalue weighted by atomic mass is 32.1. The number of hydrogen-bond acceptors (Lipinski definition) is 7. The highest BCUT2D eigenvalue weighted by Crippen LogP contribution is 2.27. The maximum Gasteiger partial charge on any atom is 0.364 e. The highest BCUT2D eigenvalue weighted by molar-refractivity contribution is 7.09. The summed E-state index contributed by atoms with van der Waals surface area (Å²) in [6, 6.07) is 7.15. The molecule has 6 nitrogen and oxygen atoms in total. The van der Waals surface area contributed by atoms with Crippen LogP contribution in [0.2, 0.25) is 0 Å². The molecule has 1 aromatic carbocycles. The normalized spacial score (nSPS) is 10.5. The first kappa shape index (κ1) is 16.0. The SMILES string of the molecule is COc1ccc(C(=O)Oc2ccc(-c3csc(C)n3)cc2F)nn1. The third kappa shape index (κ3) is 3.38. The first-order chi connectivity index (χ1) is 11.6. The van der Waals surface area contributed by atoms with Gasteiger partial charge in [0.05, 0.1) is 17.8 Å². The molecule has 0 saturated carbocycles. The molecule has 2 aromatic heterocycles. The largest absolute Gasteiger partial charge is 0.480 e. The van der Waals surface area contributed by atoms with Crippen molar-refractivity contribution in [3.63, 3.8) is 0 Å². The van der Waals surface area contributed by atoms with Crippen LogP contribution in [0, 0.1) is 12.7 Å². The van der Waals surface area contributed by atoms with E-state index in [2.05, 4.69) is 15.2 Å². The second-order valence-corrected chi connectivity index (χ2v) is 5.81. The minimum atomic E-state index is -0.804. The molecule has 0 bridgehead atoms. The number of aryl methyl sites for hydroxylation is 1. The van der Waals surface area contributed by atoms with E-state index >= 15 is 0 Å². The lowest BCUT2D eigenvalue weighted by Crippen LogP contribution is -2.12. The summed E-state index contributed by atoms with van der Waals surface area (Å²) in [6.45, 7) is 1.87. The molecule has 0 aliphatic carbocycles. The van der Waals surface area contributed by atoms with Gasteiger partial charge in [-0.3, -0.25) is 0 Å². The molecule has 0 amide bonds. The number of thiazole rings is 1. The molecule has 2 heterocycles. The zero-order valence-electron chi connectivity index (χ0n) is 12.8. The number of ether oxygens (including phenoxy) is 2. The number of rotatable bonds is 4. The average Bonchev–Trinajstić information content (AvgIpc) is 3.03. The lowest BCUT2D eigenvalue weighted by molar-refractivity contribution is 0.0720. The van der Waals surface area contributed by atoms with Gasteiger partial charge in [0.2, 0.25) is 5.88 Å². The van der Waals surface area contributed by atoms with Crippen molar-refractivity contribution in [1.82, 2.24) is 15.2 Å². The van der Waals surface area contributed by atoms with Gasteiger partial charge in [-0.05, 0) is 31.2 Å². The van der Waals surface area contributed by atoms with E-state index in [4.69, 9.17) is 9.47 Å². The Kier molecular flexibility index (Phi) is 4.48. The van der Waals surface area contributed by atoms with Gasteiger partial charge in [-0.2, -0.15) is 0 Å². The molecule has 0 unspecified atom stereocenters. The number of aromatic nitrogens is 3. The van der Waals surface area contributed by atoms with E-state index in [1.54, 1.807) is 6.07 Å². The molecule has 0 radical (unpaired) electrons. The minimum absolute atomic E-state index is 0.0468. The van der Waals surface area contributed by atoms with Gasteiger partial charge in [0, 0.05) is 17.0 Å². The summed E-state index contributed by atoms with van der Waals surface area (Å²) in [5, 5.41) is 10.1. The summed E-state index contributed by atoms with van der Waals surface area (Å²) < 4.78 is 24.1. The Labute approximate surface area is 140 Å². The monoisotopic (exact) mass is 345 g/mol. The van der Waals surface area contributed by atoms with Crippen molar-refractivity contribution in [2.24, 2.45) is 0 Å². The van der Waals surface area contributed by atoms with Gasteiger partial charge < -0.3 is 9.47 Å². The van der Waals surface area contributed by atoms with Crippen LogP contribution in [0.1, 0.15) is 15.5 Å². The Bertz CT molecular complexity index is 881. The Morgan fingerprint density at radius 1 is 1.21 bits per heavy atom. The Morgan fingerprint density at radius 2 is 2.04 bits per heavy atom. The molecule has 24 heavy (non-hydrogen) atoms. The number of halogens is 1. The quantitative estimate of drug-likeness (QED) is 0.534. The van der Waals surface area contributed by atoms with Crippen LogP contribution in [0.25, 0.3) is 11.3 Å². The fourth-order valence-corrected chi connectivity index (χ4v) is 2.55. The molecular formula is C16H12FN3O3S. The zero-order chi connectivity index (χ0) is 17.1. The highest BCUT2D eigenvalue weighted by Gasteiger charge is 2.15. The maximum absolute atomic E-state index is 14.2. The van der Waals surface area contributed by atoms with Crippen LogP contribution in [-0.4, -0.2) is 28.3 Å². The van der Waals surface area contributed by atoms with Crippen LogP contribution >= 0.6 is 11.3 Å². The third-order valence-electron chi connectivity index (χ3n) is 3.11. The third-order valence-corrected chi connectivity index (χ3v) is 3.88. The molecule has 0 fully saturated rings. The number of nitrogens with zero attached hydrogens (tertiary/aromatic N) is 3. The van der Waals surface area contributed by atoms with Gasteiger partial charge in [-0.15, -0.1) is 21.5 Å². The van der Waals surface area contributed by atoms with Gasteiger partial charge in [0.15, 0.2) is 17.3 Å². The Balaban J connectivity index is 1.78. The molecule has 3 aromatic rings. The topological polar surface area (TPSA) is 74.2 Å². The molecule has 0 saturated heterocycles. The van der Waals surface area contributed by atoms with Gasteiger partial charge in [0.1, 0.15) is 0 Å². The van der Waals surface area contributed by atoms with E-state index in [0.717, 1.165) is 5.01 Å². The number of benzene rings is 1. The summed E-state index contributed by atoms with van der Waals surface area (Å²) in [6.07, 6.45) is 0. The standard InChI is InChI=1S/C16H12FN3O3S/c1-9-18-13(8-24-9)10-3-5-14(11(17)7-10)23-16(21)12-4-6-15(22-2)20-19-12/h3-8H,1-2H3. The van der Waals surface area contributed by atoms with Crippen LogP contribution in [-0.2, 0) is 0 Å². The molecule has 0 spiro atoms. The van der Waals surface area contributed by atoms with Crippen LogP contribution in [0.15, 0.2) is 35.7 Å². The first-order valence-electron chi connectivity index (χ1n) is 6.89. The lowest BCUT2D eigenvalue weighted by Gasteiger charge is -2.06. The van der Waals surface area contributed by atoms with Gasteiger partial charge in [0.25, 0.3) is 0 Å². The van der Waals surface area contributed by atoms with Crippen molar-refractivity contribution in [2.75, 3.05) is 7.11 Å². The molecule has 0 aliphatic rings. The summed E-state index contributed by atoms with van der Waals surface area (Å²) in [5.74, 6) is -1.39. The number of esters is 1. The predicted molar refractivity (Wildman–Crippen MR) is 85.8 cm³/mol. The molecule has 0 atom stereocenters. The Hall–Kier alpha value is -2.87. The fraction of sp³-hybridized carbons (Fsp3) is 0.125. The van der Waals surface area contributed by atoms with Crippen molar-refractivity contribution in [3.8, 4) is 22.9 Å². The van der Waals surface area contributed by atoms with Crippen molar-refractivity contribution in [3.05, 3.63) is 52.2 Å². The second kappa shape index (κ2) is 6.71. The zero-order valence-corrected chi connectivity index (χ0v) is 13.6. The summed E-state index contributed by atoms with van der Waals surface area (Å²) in [7, 11) is 1.43. The fourth-order valence-electron chi connectivity index (χ4n) is 1.93.